The second-order valence-electron chi connectivity index (χ2n) is 7.44. The van der Waals surface area contributed by atoms with E-state index < -0.39 is 0 Å². The van der Waals surface area contributed by atoms with Gasteiger partial charge in [-0.15, -0.1) is 0 Å². The Morgan fingerprint density at radius 1 is 1.10 bits per heavy atom. The van der Waals surface area contributed by atoms with Gasteiger partial charge >= 0.3 is 0 Å². The van der Waals surface area contributed by atoms with Crippen molar-refractivity contribution in [2.24, 2.45) is 0 Å². The minimum absolute atomic E-state index is 0.130. The quantitative estimate of drug-likeness (QED) is 0.443. The predicted octanol–water partition coefficient (Wildman–Crippen LogP) is 5.40. The predicted molar refractivity (Wildman–Crippen MR) is 115 cm³/mol. The molecule has 148 valence electrons. The molecule has 0 N–H and O–H groups in total. The lowest BCUT2D eigenvalue weighted by Gasteiger charge is -2.24. The molecule has 1 unspecified atom stereocenters. The highest BCUT2D eigenvalue weighted by atomic mass is 16.5. The molecule has 2 aromatic carbocycles. The fraction of sp³-hybridized carbons (Fsp3) is 0.250. The fourth-order valence-electron chi connectivity index (χ4n) is 3.55. The minimum atomic E-state index is 0.130. The molecular weight excluding hydrogens is 362 g/mol. The molecule has 0 aliphatic heterocycles. The number of ether oxygens (including phenoxy) is 1. The van der Waals surface area contributed by atoms with Gasteiger partial charge in [0.15, 0.2) is 0 Å². The van der Waals surface area contributed by atoms with Crippen LogP contribution in [0.4, 0.5) is 0 Å². The first-order valence-electron chi connectivity index (χ1n) is 9.70. The molecule has 0 saturated heterocycles. The summed E-state index contributed by atoms with van der Waals surface area (Å²) in [4.78, 5) is 7.28. The van der Waals surface area contributed by atoms with Crippen LogP contribution >= 0.6 is 0 Å². The Bertz CT molecular complexity index is 1120. The fourth-order valence-corrected chi connectivity index (χ4v) is 3.55. The Hall–Kier alpha value is -3.18. The van der Waals surface area contributed by atoms with E-state index in [1.165, 1.54) is 11.1 Å². The second-order valence-corrected chi connectivity index (χ2v) is 7.44. The molecule has 4 rings (SSSR count). The second kappa shape index (κ2) is 8.05. The van der Waals surface area contributed by atoms with Gasteiger partial charge in [-0.25, -0.2) is 4.98 Å². The molecule has 0 aliphatic carbocycles. The Morgan fingerprint density at radius 3 is 2.69 bits per heavy atom. The maximum Gasteiger partial charge on any atom is 0.124 e. The molecule has 0 radical (unpaired) electrons. The van der Waals surface area contributed by atoms with Gasteiger partial charge in [-0.2, -0.15) is 0 Å². The van der Waals surface area contributed by atoms with Gasteiger partial charge in [0, 0.05) is 29.6 Å². The normalized spacial score (nSPS) is 12.4. The highest BCUT2D eigenvalue weighted by Gasteiger charge is 2.18. The number of fused-ring (bicyclic) bond motifs is 1. The molecule has 2 heterocycles. The van der Waals surface area contributed by atoms with Gasteiger partial charge in [0.2, 0.25) is 0 Å². The van der Waals surface area contributed by atoms with E-state index in [2.05, 4.69) is 67.3 Å². The third kappa shape index (κ3) is 4.00. The molecule has 29 heavy (non-hydrogen) atoms. The lowest BCUT2D eigenvalue weighted by molar-refractivity contribution is 0.241. The molecule has 5 heteroatoms. The summed E-state index contributed by atoms with van der Waals surface area (Å²) in [5.41, 5.74) is 6.34. The number of aryl methyl sites for hydroxylation is 1. The summed E-state index contributed by atoms with van der Waals surface area (Å²) in [6.45, 7) is 4.97. The third-order valence-corrected chi connectivity index (χ3v) is 5.36. The zero-order valence-electron chi connectivity index (χ0n) is 17.2. The summed E-state index contributed by atoms with van der Waals surface area (Å²) in [5.74, 6) is 0.810. The van der Waals surface area contributed by atoms with Crippen molar-refractivity contribution in [3.8, 4) is 17.0 Å². The minimum Gasteiger partial charge on any atom is -0.497 e. The average molecular weight is 387 g/mol. The monoisotopic (exact) mass is 387 g/mol. The third-order valence-electron chi connectivity index (χ3n) is 5.36. The first-order valence-corrected chi connectivity index (χ1v) is 9.70. The number of aromatic nitrogens is 2. The average Bonchev–Trinajstić information content (AvgIpc) is 3.27. The Labute approximate surface area is 170 Å². The summed E-state index contributed by atoms with van der Waals surface area (Å²) < 4.78 is 10.4. The van der Waals surface area contributed by atoms with Crippen molar-refractivity contribution in [2.75, 3.05) is 14.2 Å². The zero-order chi connectivity index (χ0) is 20.4. The van der Waals surface area contributed by atoms with Crippen LogP contribution in [0.15, 0.2) is 65.4 Å². The van der Waals surface area contributed by atoms with Crippen LogP contribution in [0.3, 0.4) is 0 Å². The van der Waals surface area contributed by atoms with Crippen LogP contribution < -0.4 is 4.74 Å². The number of hydrogen-bond donors (Lipinski definition) is 0. The largest absolute Gasteiger partial charge is 0.497 e. The van der Waals surface area contributed by atoms with E-state index in [1.807, 2.05) is 18.2 Å². The van der Waals surface area contributed by atoms with Crippen LogP contribution in [0, 0.1) is 6.92 Å². The lowest BCUT2D eigenvalue weighted by Crippen LogP contribution is -2.22. The summed E-state index contributed by atoms with van der Waals surface area (Å²) in [6.07, 6.45) is 1.61. The van der Waals surface area contributed by atoms with Crippen molar-refractivity contribution >= 4 is 10.9 Å². The van der Waals surface area contributed by atoms with Crippen LogP contribution in [0.5, 0.6) is 5.75 Å². The number of nitrogens with zero attached hydrogens (tertiary/aromatic N) is 3. The van der Waals surface area contributed by atoms with Crippen LogP contribution in [-0.2, 0) is 6.54 Å². The molecule has 0 fully saturated rings. The van der Waals surface area contributed by atoms with Crippen molar-refractivity contribution in [2.45, 2.75) is 26.4 Å². The van der Waals surface area contributed by atoms with Crippen molar-refractivity contribution < 1.29 is 9.26 Å². The Balaban J connectivity index is 1.79. The Morgan fingerprint density at radius 2 is 1.97 bits per heavy atom. The summed E-state index contributed by atoms with van der Waals surface area (Å²) in [7, 11) is 3.77. The van der Waals surface area contributed by atoms with E-state index >= 15 is 0 Å². The van der Waals surface area contributed by atoms with Crippen molar-refractivity contribution in [3.05, 3.63) is 77.7 Å². The van der Waals surface area contributed by atoms with Gasteiger partial charge in [0.05, 0.1) is 24.4 Å². The molecular formula is C24H25N3O2. The van der Waals surface area contributed by atoms with E-state index in [9.17, 15) is 0 Å². The standard InChI is InChI=1S/C24H25N3O2/c1-16-6-5-7-19(12-16)24-20(15-27(3)17(2)22-10-11-29-26-22)13-18-8-9-21(28-4)14-23(18)25-24/h5-14,17H,15H2,1-4H3. The van der Waals surface area contributed by atoms with Gasteiger partial charge in [0.1, 0.15) is 17.7 Å². The zero-order valence-corrected chi connectivity index (χ0v) is 17.2. The van der Waals surface area contributed by atoms with E-state index in [-0.39, 0.29) is 6.04 Å². The molecule has 0 aliphatic rings. The van der Waals surface area contributed by atoms with Crippen LogP contribution in [0.25, 0.3) is 22.2 Å². The van der Waals surface area contributed by atoms with E-state index in [1.54, 1.807) is 13.4 Å². The molecule has 5 nitrogen and oxygen atoms in total. The van der Waals surface area contributed by atoms with Gasteiger partial charge < -0.3 is 9.26 Å². The highest BCUT2D eigenvalue weighted by molar-refractivity contribution is 5.84. The Kier molecular flexibility index (Phi) is 5.32. The first-order chi connectivity index (χ1) is 14.0. The molecule has 0 saturated carbocycles. The van der Waals surface area contributed by atoms with Gasteiger partial charge in [-0.3, -0.25) is 4.90 Å². The molecule has 2 aromatic heterocycles. The van der Waals surface area contributed by atoms with Crippen LogP contribution in [0.2, 0.25) is 0 Å². The van der Waals surface area contributed by atoms with Crippen molar-refractivity contribution in [1.82, 2.24) is 15.0 Å². The molecule has 4 aromatic rings. The number of rotatable bonds is 6. The van der Waals surface area contributed by atoms with Crippen molar-refractivity contribution in [3.63, 3.8) is 0 Å². The van der Waals surface area contributed by atoms with Crippen LogP contribution in [0.1, 0.15) is 29.8 Å². The summed E-state index contributed by atoms with van der Waals surface area (Å²) >= 11 is 0. The van der Waals surface area contributed by atoms with E-state index in [0.717, 1.165) is 40.1 Å². The smallest absolute Gasteiger partial charge is 0.124 e. The molecule has 1 atom stereocenters. The van der Waals surface area contributed by atoms with Crippen LogP contribution in [-0.4, -0.2) is 29.2 Å². The van der Waals surface area contributed by atoms with Gasteiger partial charge in [0.25, 0.3) is 0 Å². The van der Waals surface area contributed by atoms with E-state index in [4.69, 9.17) is 14.2 Å². The first kappa shape index (κ1) is 19.2. The van der Waals surface area contributed by atoms with E-state index in [0.29, 0.717) is 0 Å². The van der Waals surface area contributed by atoms with Gasteiger partial charge in [-0.05, 0) is 50.7 Å². The highest BCUT2D eigenvalue weighted by Crippen LogP contribution is 2.30. The molecule has 0 amide bonds. The summed E-state index contributed by atoms with van der Waals surface area (Å²) in [5, 5.41) is 5.19. The topological polar surface area (TPSA) is 51.4 Å². The van der Waals surface area contributed by atoms with Gasteiger partial charge in [-0.1, -0.05) is 28.9 Å². The number of methoxy groups -OCH3 is 1. The number of hydrogen-bond acceptors (Lipinski definition) is 5. The molecule has 0 bridgehead atoms. The lowest BCUT2D eigenvalue weighted by atomic mass is 10.0. The SMILES string of the molecule is COc1ccc2cc(CN(C)C(C)c3ccon3)c(-c3cccc(C)c3)nc2c1. The number of pyridine rings is 1. The number of benzene rings is 2. The maximum absolute atomic E-state index is 5.39. The van der Waals surface area contributed by atoms with Crippen molar-refractivity contribution in [1.29, 1.82) is 0 Å². The molecule has 0 spiro atoms. The summed E-state index contributed by atoms with van der Waals surface area (Å²) in [6, 6.07) is 18.8. The maximum atomic E-state index is 5.39.